The van der Waals surface area contributed by atoms with E-state index in [4.69, 9.17) is 55.6 Å². The zero-order valence-electron chi connectivity index (χ0n) is 77.6. The van der Waals surface area contributed by atoms with Crippen LogP contribution in [0.4, 0.5) is 0 Å². The number of aliphatic hydroxyl groups excluding tert-OH is 2. The highest BCUT2D eigenvalue weighted by atomic mass is 28.4. The molecule has 22 heteroatoms. The molecule has 6 heterocycles. The van der Waals surface area contributed by atoms with Crippen LogP contribution in [0.5, 0.6) is 0 Å². The summed E-state index contributed by atoms with van der Waals surface area (Å²) in [6.45, 7) is 69.4. The predicted octanol–water partition coefficient (Wildman–Crippen LogP) is 22.8. The Labute approximate surface area is 720 Å². The van der Waals surface area contributed by atoms with Crippen LogP contribution in [0.1, 0.15) is 269 Å². The number of esters is 2. The van der Waals surface area contributed by atoms with Crippen molar-refractivity contribution in [3.05, 3.63) is 119 Å². The first-order chi connectivity index (χ1) is 53.5. The number of carbonyl (C=O) groups excluding carboxylic acids is 4. The van der Waals surface area contributed by atoms with Crippen LogP contribution >= 0.6 is 0 Å². The van der Waals surface area contributed by atoms with Crippen molar-refractivity contribution in [1.82, 2.24) is 0 Å². The van der Waals surface area contributed by atoms with Gasteiger partial charge in [-0.3, -0.25) is 14.4 Å². The van der Waals surface area contributed by atoms with Gasteiger partial charge in [0, 0.05) is 52.9 Å². The maximum absolute atomic E-state index is 13.9. The van der Waals surface area contributed by atoms with E-state index >= 15 is 0 Å². The summed E-state index contributed by atoms with van der Waals surface area (Å²) in [5, 5.41) is 23.2. The van der Waals surface area contributed by atoms with E-state index in [-0.39, 0.29) is 150 Å². The average molecular weight is 1720 g/mol. The lowest BCUT2D eigenvalue weighted by molar-refractivity contribution is -0.152. The molecule has 0 saturated carbocycles. The molecule has 2 aromatic carbocycles. The van der Waals surface area contributed by atoms with Gasteiger partial charge in [0.15, 0.2) is 45.8 Å². The SMILES string of the molecule is C.C.C/C(=C\C=O)[C@H]1OC(=O)C[C@H](O[Si](C)(C)C(C)(C)C)CC[C@@]2(C)OC(c3ccccc3)O[C@H]2/C=C/[C@@H]1C.CC[C@H](O[Si](C)(C)C(C)(C)C)[C@@H](C)[C@H]1O[C@@H]1C[C@H](C)C(O)C(O)/C=C(\C)[C@H]1OC(=O)C[C@H](O[Si](C)(C)C(C)(C)C)CC[C@@]2(C)OC(c3ccccc3)O[C@H]2/C=C/[C@@H]1C.CC[C@H](O[Si](C)(C)C(C)(C)C)[C@@H](C)[C@H]1O[C@@H]1C[C@H](C)C=O. The van der Waals surface area contributed by atoms with Crippen molar-refractivity contribution in [2.24, 2.45) is 35.5 Å². The first-order valence-corrected chi connectivity index (χ1v) is 55.3. The van der Waals surface area contributed by atoms with Crippen molar-refractivity contribution in [2.75, 3.05) is 0 Å². The van der Waals surface area contributed by atoms with Gasteiger partial charge < -0.3 is 70.6 Å². The summed E-state index contributed by atoms with van der Waals surface area (Å²) in [5.74, 6) is -0.632. The summed E-state index contributed by atoms with van der Waals surface area (Å²) in [6, 6.07) is 19.9. The van der Waals surface area contributed by atoms with Crippen LogP contribution in [-0.4, -0.2) is 165 Å². The lowest BCUT2D eigenvalue weighted by Crippen LogP contribution is -2.46. The standard InChI is InChI=1S/C47H80O9Si2.C30H44O6Si.C17H34O3Si.2CH4/c1-17-37(56-58(15,16)46(9,10)11)33(5)43-38(51-43)28-31(3)41(50)36(48)27-32(4)42-30(2)23-24-39-47(12,54-44(52-39)34-21-19-18-20-22-34)26-25-35(29-40(49)53-42)55-57(13,14)45(6,7)8;1-21-14-15-25-30(6,35-28(33-25)23-12-10-9-11-13-23)18-16-24(36-37(7,8)29(3,4)5)20-26(32)34-27(21)22(2)17-19-31;1-9-14(20-21(7,8)17(4,5)6)13(3)16-15(19-16)10-12(2)11-18;;/h18-24,27,30-31,33,35-39,41-44,48,50H,17,25-26,28-29H2,1-16H3;9-15,17,19,21,24-25,27-28H,16,18,20H2,1-8H3;11-16H,9-10H2,1-8H3;2*1H4/b24-23+,32-27+;15-14+,22-17+;;;/t30-,31-,33+,35+,36?,37-,38+,39-,41?,42-,43+,44?,47+;21-,24+,25-,27-,28?,30+;12-,13+,14-,15+,16+;;/m000../s1. The number of ether oxygens (including phenoxy) is 8. The van der Waals surface area contributed by atoms with Crippen molar-refractivity contribution in [1.29, 1.82) is 0 Å². The van der Waals surface area contributed by atoms with Gasteiger partial charge in [-0.05, 0) is 175 Å². The van der Waals surface area contributed by atoms with E-state index in [1.165, 1.54) is 6.08 Å². The quantitative estimate of drug-likeness (QED) is 0.0212. The lowest BCUT2D eigenvalue weighted by atomic mass is 9.88. The maximum Gasteiger partial charge on any atom is 0.308 e. The van der Waals surface area contributed by atoms with Gasteiger partial charge in [0.25, 0.3) is 0 Å². The molecule has 0 bridgehead atoms. The molecule has 0 aliphatic carbocycles. The third-order valence-corrected chi connectivity index (χ3v) is 45.4. The van der Waals surface area contributed by atoms with Crippen molar-refractivity contribution < 1.29 is 85.0 Å². The maximum atomic E-state index is 13.9. The van der Waals surface area contributed by atoms with E-state index in [0.29, 0.717) is 49.2 Å². The van der Waals surface area contributed by atoms with Gasteiger partial charge in [0.1, 0.15) is 37.0 Å². The smallest absolute Gasteiger partial charge is 0.308 e. The van der Waals surface area contributed by atoms with Gasteiger partial charge in [0.05, 0.1) is 72.9 Å². The van der Waals surface area contributed by atoms with Gasteiger partial charge >= 0.3 is 11.9 Å². The van der Waals surface area contributed by atoms with Gasteiger partial charge in [-0.25, -0.2) is 0 Å². The van der Waals surface area contributed by atoms with Gasteiger partial charge in [0.2, 0.25) is 0 Å². The Morgan fingerprint density at radius 3 is 1.23 bits per heavy atom. The largest absolute Gasteiger partial charge is 0.457 e. The Hall–Kier alpha value is -3.93. The van der Waals surface area contributed by atoms with Crippen molar-refractivity contribution >= 4 is 57.8 Å². The summed E-state index contributed by atoms with van der Waals surface area (Å²) in [7, 11) is -8.10. The second-order valence-electron chi connectivity index (χ2n) is 41.4. The molecule has 0 spiro atoms. The van der Waals surface area contributed by atoms with Crippen LogP contribution in [0.3, 0.4) is 0 Å². The summed E-state index contributed by atoms with van der Waals surface area (Å²) in [6.07, 6.45) is 14.3. The second kappa shape index (κ2) is 43.8. The second-order valence-corrected chi connectivity index (χ2v) is 60.4. The molecule has 18 nitrogen and oxygen atoms in total. The first kappa shape index (κ1) is 106. The fraction of sp³-hybridized carbons (Fsp3) is 0.750. The molecule has 0 amide bonds. The normalized spacial score (nSPS) is 31.1. The molecular weight excluding hydrogens is 1550 g/mol. The van der Waals surface area contributed by atoms with Crippen LogP contribution in [-0.2, 0) is 74.8 Å². The molecule has 8 rings (SSSR count). The molecule has 24 atom stereocenters. The van der Waals surface area contributed by atoms with Gasteiger partial charge in [-0.15, -0.1) is 0 Å². The summed E-state index contributed by atoms with van der Waals surface area (Å²) >= 11 is 0. The number of fused-ring (bicyclic) bond motifs is 2. The number of hydrogen-bond acceptors (Lipinski definition) is 18. The van der Waals surface area contributed by atoms with Crippen LogP contribution < -0.4 is 0 Å². The minimum absolute atomic E-state index is 0. The Kier molecular flexibility index (Phi) is 39.5. The topological polar surface area (TPSA) is 226 Å². The highest BCUT2D eigenvalue weighted by Gasteiger charge is 2.53. The third kappa shape index (κ3) is 29.3. The van der Waals surface area contributed by atoms with E-state index in [0.717, 1.165) is 43.0 Å². The van der Waals surface area contributed by atoms with E-state index in [9.17, 15) is 29.4 Å². The zero-order chi connectivity index (χ0) is 87.5. The van der Waals surface area contributed by atoms with E-state index in [2.05, 4.69) is 177 Å². The number of cyclic esters (lactones) is 2. The molecule has 6 aliphatic rings. The van der Waals surface area contributed by atoms with Crippen molar-refractivity contribution in [3.8, 4) is 0 Å². The zero-order valence-corrected chi connectivity index (χ0v) is 81.6. The van der Waals surface area contributed by atoms with Crippen LogP contribution in [0.15, 0.2) is 108 Å². The molecule has 4 fully saturated rings. The Morgan fingerprint density at radius 1 is 0.534 bits per heavy atom. The number of rotatable bonds is 27. The molecule has 118 heavy (non-hydrogen) atoms. The molecule has 0 radical (unpaired) electrons. The Balaban J connectivity index is 0.000000415. The minimum Gasteiger partial charge on any atom is -0.457 e. The minimum atomic E-state index is -2.26. The number of allylic oxidation sites excluding steroid dienone is 1. The Bertz CT molecular complexity index is 3550. The molecule has 6 aliphatic heterocycles. The van der Waals surface area contributed by atoms with Crippen LogP contribution in [0.2, 0.25) is 72.5 Å². The van der Waals surface area contributed by atoms with Crippen LogP contribution in [0, 0.1) is 35.5 Å². The lowest BCUT2D eigenvalue weighted by Gasteiger charge is -2.40. The number of aliphatic hydroxyl groups is 2. The molecular formula is C96H166O18Si4. The van der Waals surface area contributed by atoms with Crippen molar-refractivity contribution in [3.63, 3.8) is 0 Å². The van der Waals surface area contributed by atoms with Gasteiger partial charge in [-0.2, -0.15) is 0 Å². The fourth-order valence-corrected chi connectivity index (χ4v) is 20.8. The monoisotopic (exact) mass is 1720 g/mol. The van der Waals surface area contributed by atoms with Gasteiger partial charge in [-0.1, -0.05) is 244 Å². The highest BCUT2D eigenvalue weighted by Crippen LogP contribution is 2.49. The Morgan fingerprint density at radius 2 is 0.890 bits per heavy atom. The van der Waals surface area contributed by atoms with E-state index in [1.54, 1.807) is 6.08 Å². The number of hydrogen-bond donors (Lipinski definition) is 2. The average Bonchev–Trinajstić information content (AvgIpc) is 1.77. The first-order valence-electron chi connectivity index (χ1n) is 43.6. The molecule has 4 unspecified atom stereocenters. The number of epoxide rings is 2. The van der Waals surface area contributed by atoms with Crippen LogP contribution in [0.25, 0.3) is 0 Å². The molecule has 674 valence electrons. The molecule has 0 aromatic heterocycles. The van der Waals surface area contributed by atoms with E-state index < -0.39 is 81.5 Å². The molecule has 2 aromatic rings. The molecule has 2 N–H and O–H groups in total. The predicted molar refractivity (Wildman–Crippen MR) is 488 cm³/mol. The summed E-state index contributed by atoms with van der Waals surface area (Å²) < 4.78 is 77.6. The third-order valence-electron chi connectivity index (χ3n) is 27.3. The highest BCUT2D eigenvalue weighted by molar-refractivity contribution is 6.75. The number of carbonyl (C=O) groups is 4. The summed E-state index contributed by atoms with van der Waals surface area (Å²) in [4.78, 5) is 49.0. The molecule has 4 saturated heterocycles. The number of aldehydes is 2. The van der Waals surface area contributed by atoms with E-state index in [1.807, 2.05) is 127 Å². The summed E-state index contributed by atoms with van der Waals surface area (Å²) in [5.41, 5.74) is 2.03. The van der Waals surface area contributed by atoms with Crippen molar-refractivity contribution in [2.45, 2.75) is 427 Å². The number of benzene rings is 2. The fourth-order valence-electron chi connectivity index (χ4n) is 15.1.